The van der Waals surface area contributed by atoms with Gasteiger partial charge in [-0.15, -0.1) is 0 Å². The first-order chi connectivity index (χ1) is 10.2. The molecule has 2 rings (SSSR count). The topological polar surface area (TPSA) is 9.23 Å². The number of benzene rings is 2. The molecule has 0 spiro atoms. The molecule has 0 heterocycles. The molecule has 0 saturated heterocycles. The van der Waals surface area contributed by atoms with Crippen LogP contribution in [0.3, 0.4) is 0 Å². The van der Waals surface area contributed by atoms with Crippen molar-refractivity contribution in [2.75, 3.05) is 0 Å². The fourth-order valence-corrected chi connectivity index (χ4v) is 2.34. The quantitative estimate of drug-likeness (QED) is 0.665. The lowest BCUT2D eigenvalue weighted by molar-refractivity contribution is -0.360. The van der Waals surface area contributed by atoms with Gasteiger partial charge in [0.15, 0.2) is 0 Å². The van der Waals surface area contributed by atoms with Crippen molar-refractivity contribution in [3.8, 4) is 5.75 Å². The Morgan fingerprint density at radius 1 is 0.773 bits per heavy atom. The molecule has 118 valence electrons. The van der Waals surface area contributed by atoms with Crippen LogP contribution in [0, 0.1) is 6.92 Å². The number of aryl methyl sites for hydroxylation is 1. The number of hydrogen-bond acceptors (Lipinski definition) is 2. The highest BCUT2D eigenvalue weighted by molar-refractivity contribution is 7.99. The molecule has 0 N–H and O–H groups in total. The molecule has 0 aliphatic heterocycles. The Morgan fingerprint density at radius 3 is 1.68 bits per heavy atom. The Morgan fingerprint density at radius 2 is 1.23 bits per heavy atom. The highest BCUT2D eigenvalue weighted by atomic mass is 32.2. The van der Waals surface area contributed by atoms with Crippen molar-refractivity contribution >= 4 is 11.8 Å². The predicted molar refractivity (Wildman–Crippen MR) is 73.4 cm³/mol. The summed E-state index contributed by atoms with van der Waals surface area (Å²) in [6, 6.07) is 12.6. The first-order valence-electron chi connectivity index (χ1n) is 6.15. The van der Waals surface area contributed by atoms with Crippen LogP contribution in [0.25, 0.3) is 0 Å². The zero-order valence-corrected chi connectivity index (χ0v) is 12.1. The number of hydrogen-bond donors (Lipinski definition) is 0. The molecule has 0 aliphatic carbocycles. The highest BCUT2D eigenvalue weighted by Gasteiger charge is 2.61. The minimum atomic E-state index is -5.75. The Kier molecular flexibility index (Phi) is 4.65. The molecular formula is C15H11F5OS. The van der Waals surface area contributed by atoms with E-state index in [1.165, 1.54) is 23.9 Å². The standard InChI is InChI=1S/C15H11F5OS/c1-10-2-6-12(7-3-10)22-13-8-4-11(5-9-13)21-15(19,20)14(16,17)18/h2-9H,1H3. The lowest BCUT2D eigenvalue weighted by Gasteiger charge is -2.20. The fourth-order valence-electron chi connectivity index (χ4n) is 1.52. The van der Waals surface area contributed by atoms with Gasteiger partial charge in [-0.1, -0.05) is 29.5 Å². The van der Waals surface area contributed by atoms with Crippen LogP contribution in [0.4, 0.5) is 22.0 Å². The van der Waals surface area contributed by atoms with E-state index in [-0.39, 0.29) is 0 Å². The number of rotatable bonds is 4. The summed E-state index contributed by atoms with van der Waals surface area (Å²) in [4.78, 5) is 1.63. The maximum Gasteiger partial charge on any atom is 0.499 e. The molecule has 0 bridgehead atoms. The third-order valence-electron chi connectivity index (χ3n) is 2.66. The summed E-state index contributed by atoms with van der Waals surface area (Å²) in [6.45, 7) is 1.95. The van der Waals surface area contributed by atoms with Crippen molar-refractivity contribution in [3.63, 3.8) is 0 Å². The molecule has 0 aliphatic rings. The van der Waals surface area contributed by atoms with Gasteiger partial charge in [0.25, 0.3) is 0 Å². The van der Waals surface area contributed by atoms with Crippen molar-refractivity contribution in [2.24, 2.45) is 0 Å². The van der Waals surface area contributed by atoms with Gasteiger partial charge in [-0.05, 0) is 43.3 Å². The number of ether oxygens (including phenoxy) is 1. The Hall–Kier alpha value is -1.76. The summed E-state index contributed by atoms with van der Waals surface area (Å²) < 4.78 is 65.3. The average molecular weight is 334 g/mol. The molecule has 0 unspecified atom stereocenters. The van der Waals surface area contributed by atoms with E-state index in [9.17, 15) is 22.0 Å². The minimum Gasteiger partial charge on any atom is -0.426 e. The monoisotopic (exact) mass is 334 g/mol. The third kappa shape index (κ3) is 4.13. The van der Waals surface area contributed by atoms with Gasteiger partial charge in [-0.3, -0.25) is 0 Å². The minimum absolute atomic E-state index is 0.546. The summed E-state index contributed by atoms with van der Waals surface area (Å²) >= 11 is 1.36. The maximum atomic E-state index is 12.7. The van der Waals surface area contributed by atoms with Gasteiger partial charge in [-0.25, -0.2) is 0 Å². The number of halogens is 5. The molecule has 0 saturated carbocycles. The molecule has 0 radical (unpaired) electrons. The summed E-state index contributed by atoms with van der Waals surface area (Å²) in [5.74, 6) is -0.546. The predicted octanol–water partition coefficient (Wildman–Crippen LogP) is 5.68. The van der Waals surface area contributed by atoms with Crippen LogP contribution in [-0.4, -0.2) is 12.3 Å². The van der Waals surface area contributed by atoms with Crippen LogP contribution in [0.5, 0.6) is 5.75 Å². The third-order valence-corrected chi connectivity index (χ3v) is 3.67. The van der Waals surface area contributed by atoms with Crippen molar-refractivity contribution in [1.82, 2.24) is 0 Å². The average Bonchev–Trinajstić information content (AvgIpc) is 2.42. The first-order valence-corrected chi connectivity index (χ1v) is 6.97. The summed E-state index contributed by atoms with van der Waals surface area (Å²) in [7, 11) is 0. The smallest absolute Gasteiger partial charge is 0.426 e. The summed E-state index contributed by atoms with van der Waals surface area (Å²) in [6.07, 6.45) is -11.0. The van der Waals surface area contributed by atoms with Crippen LogP contribution in [0.15, 0.2) is 58.3 Å². The normalized spacial score (nSPS) is 12.3. The van der Waals surface area contributed by atoms with Gasteiger partial charge in [0, 0.05) is 9.79 Å². The zero-order valence-electron chi connectivity index (χ0n) is 11.3. The van der Waals surface area contributed by atoms with E-state index in [0.717, 1.165) is 22.6 Å². The highest BCUT2D eigenvalue weighted by Crippen LogP contribution is 2.38. The number of alkyl halides is 5. The second kappa shape index (κ2) is 6.16. The van der Waals surface area contributed by atoms with Gasteiger partial charge in [-0.2, -0.15) is 22.0 Å². The molecule has 1 nitrogen and oxygen atoms in total. The van der Waals surface area contributed by atoms with Gasteiger partial charge < -0.3 is 4.74 Å². The van der Waals surface area contributed by atoms with Crippen molar-refractivity contribution in [1.29, 1.82) is 0 Å². The molecular weight excluding hydrogens is 323 g/mol. The Labute approximate surface area is 128 Å². The van der Waals surface area contributed by atoms with Gasteiger partial charge in [0.05, 0.1) is 0 Å². The zero-order chi connectivity index (χ0) is 16.4. The van der Waals surface area contributed by atoms with E-state index in [1.807, 2.05) is 31.2 Å². The van der Waals surface area contributed by atoms with E-state index in [4.69, 9.17) is 0 Å². The van der Waals surface area contributed by atoms with Crippen LogP contribution in [0.1, 0.15) is 5.56 Å². The van der Waals surface area contributed by atoms with Crippen molar-refractivity contribution < 1.29 is 26.7 Å². The van der Waals surface area contributed by atoms with E-state index in [0.29, 0.717) is 4.90 Å². The van der Waals surface area contributed by atoms with Gasteiger partial charge in [0.2, 0.25) is 0 Å². The molecule has 0 fully saturated rings. The van der Waals surface area contributed by atoms with Crippen molar-refractivity contribution in [3.05, 3.63) is 54.1 Å². The molecule has 0 atom stereocenters. The first kappa shape index (κ1) is 16.6. The molecule has 2 aromatic carbocycles. The lowest BCUT2D eigenvalue weighted by atomic mass is 10.2. The second-order valence-corrected chi connectivity index (χ2v) is 5.65. The van der Waals surface area contributed by atoms with E-state index < -0.39 is 18.0 Å². The van der Waals surface area contributed by atoms with Crippen LogP contribution >= 0.6 is 11.8 Å². The molecule has 0 aromatic heterocycles. The summed E-state index contributed by atoms with van der Waals surface area (Å²) in [5, 5.41) is 0. The SMILES string of the molecule is Cc1ccc(Sc2ccc(OC(F)(F)C(F)(F)F)cc2)cc1. The Balaban J connectivity index is 2.06. The molecule has 0 amide bonds. The fraction of sp³-hybridized carbons (Fsp3) is 0.200. The largest absolute Gasteiger partial charge is 0.499 e. The van der Waals surface area contributed by atoms with E-state index in [1.54, 1.807) is 0 Å². The van der Waals surface area contributed by atoms with Crippen LogP contribution in [0.2, 0.25) is 0 Å². The van der Waals surface area contributed by atoms with Gasteiger partial charge in [0.1, 0.15) is 5.75 Å². The van der Waals surface area contributed by atoms with Crippen LogP contribution < -0.4 is 4.74 Å². The maximum absolute atomic E-state index is 12.7. The van der Waals surface area contributed by atoms with E-state index >= 15 is 0 Å². The molecule has 22 heavy (non-hydrogen) atoms. The van der Waals surface area contributed by atoms with Crippen molar-refractivity contribution in [2.45, 2.75) is 29.0 Å². The van der Waals surface area contributed by atoms with Gasteiger partial charge >= 0.3 is 12.3 Å². The molecule has 2 aromatic rings. The molecule has 7 heteroatoms. The Bertz CT molecular complexity index is 620. The van der Waals surface area contributed by atoms with Crippen LogP contribution in [-0.2, 0) is 0 Å². The lowest BCUT2D eigenvalue weighted by Crippen LogP contribution is -2.41. The second-order valence-electron chi connectivity index (χ2n) is 4.50. The van der Waals surface area contributed by atoms with E-state index in [2.05, 4.69) is 4.74 Å². The summed E-state index contributed by atoms with van der Waals surface area (Å²) in [5.41, 5.74) is 1.10.